The number of nitrogens with zero attached hydrogens (tertiary/aromatic N) is 5. The third-order valence-corrected chi connectivity index (χ3v) is 4.42. The van der Waals surface area contributed by atoms with Gasteiger partial charge in [0.15, 0.2) is 0 Å². The Kier molecular flexibility index (Phi) is 5.09. The summed E-state index contributed by atoms with van der Waals surface area (Å²) in [4.78, 5) is 13.0. The van der Waals surface area contributed by atoms with E-state index in [0.717, 1.165) is 17.1 Å². The number of imidazole rings is 1. The molecule has 0 fully saturated rings. The second-order valence-electron chi connectivity index (χ2n) is 6.22. The average molecular weight is 389 g/mol. The van der Waals surface area contributed by atoms with E-state index in [4.69, 9.17) is 14.7 Å². The normalized spacial score (nSPS) is 15.5. The number of allylic oxidation sites excluding steroid dienone is 2. The number of nitriles is 1. The lowest BCUT2D eigenvalue weighted by Crippen LogP contribution is -2.27. The first-order chi connectivity index (χ1) is 14.2. The molecule has 1 aliphatic rings. The van der Waals surface area contributed by atoms with Crippen molar-refractivity contribution < 1.29 is 9.47 Å². The number of fused-ring (bicyclic) bond motifs is 1. The fourth-order valence-electron chi connectivity index (χ4n) is 2.97. The molecule has 2 N–H and O–H groups in total. The molecule has 4 heterocycles. The van der Waals surface area contributed by atoms with Crippen LogP contribution in [0.5, 0.6) is 5.88 Å². The summed E-state index contributed by atoms with van der Waals surface area (Å²) in [6.45, 7) is 0.315. The summed E-state index contributed by atoms with van der Waals surface area (Å²) in [5.41, 5.74) is 3.67. The summed E-state index contributed by atoms with van der Waals surface area (Å²) in [6.07, 6.45) is 10.4. The van der Waals surface area contributed by atoms with Crippen LogP contribution >= 0.6 is 0 Å². The molecule has 0 spiro atoms. The number of hydrogen-bond donors (Lipinski definition) is 2. The number of hydrogen-bond acceptors (Lipinski definition) is 8. The lowest BCUT2D eigenvalue weighted by Gasteiger charge is -2.19. The van der Waals surface area contributed by atoms with Gasteiger partial charge in [-0.15, -0.1) is 0 Å². The molecule has 0 radical (unpaired) electrons. The van der Waals surface area contributed by atoms with Gasteiger partial charge in [0.2, 0.25) is 5.88 Å². The molecule has 146 valence electrons. The third kappa shape index (κ3) is 3.74. The van der Waals surface area contributed by atoms with Gasteiger partial charge in [-0.05, 0) is 18.2 Å². The van der Waals surface area contributed by atoms with Crippen molar-refractivity contribution in [3.8, 4) is 11.9 Å². The quantitative estimate of drug-likeness (QED) is 0.660. The first-order valence-corrected chi connectivity index (χ1v) is 8.93. The zero-order valence-electron chi connectivity index (χ0n) is 16.0. The number of rotatable bonds is 6. The first-order valence-electron chi connectivity index (χ1n) is 8.93. The number of nitrogens with one attached hydrogen (secondary N) is 2. The van der Waals surface area contributed by atoms with Gasteiger partial charge in [-0.2, -0.15) is 5.26 Å². The predicted molar refractivity (Wildman–Crippen MR) is 107 cm³/mol. The van der Waals surface area contributed by atoms with Crippen LogP contribution in [0.3, 0.4) is 0 Å². The van der Waals surface area contributed by atoms with Crippen molar-refractivity contribution in [3.63, 3.8) is 0 Å². The summed E-state index contributed by atoms with van der Waals surface area (Å²) >= 11 is 0. The van der Waals surface area contributed by atoms with E-state index in [1.807, 2.05) is 36.0 Å². The Morgan fingerprint density at radius 2 is 2.24 bits per heavy atom. The number of dihydropyridines is 1. The van der Waals surface area contributed by atoms with Crippen LogP contribution in [-0.4, -0.2) is 39.7 Å². The maximum Gasteiger partial charge on any atom is 0.231 e. The summed E-state index contributed by atoms with van der Waals surface area (Å²) in [6, 6.07) is 5.65. The van der Waals surface area contributed by atoms with Crippen LogP contribution in [0, 0.1) is 11.3 Å². The van der Waals surface area contributed by atoms with Crippen LogP contribution < -0.4 is 15.4 Å². The highest BCUT2D eigenvalue weighted by Crippen LogP contribution is 2.27. The molecule has 0 saturated heterocycles. The van der Waals surface area contributed by atoms with E-state index in [0.29, 0.717) is 29.4 Å². The predicted octanol–water partition coefficient (Wildman–Crippen LogP) is 2.09. The molecule has 3 aromatic rings. The van der Waals surface area contributed by atoms with Gasteiger partial charge in [-0.25, -0.2) is 9.97 Å². The third-order valence-electron chi connectivity index (χ3n) is 4.42. The SMILES string of the molecule is CNc1c(C2=CNC(OCc3cnc(OC)cn3)C=C2)nc2cc(C#N)ccn12. The largest absolute Gasteiger partial charge is 0.480 e. The highest BCUT2D eigenvalue weighted by atomic mass is 16.5. The van der Waals surface area contributed by atoms with Crippen molar-refractivity contribution >= 4 is 17.0 Å². The summed E-state index contributed by atoms with van der Waals surface area (Å²) in [7, 11) is 3.39. The smallest absolute Gasteiger partial charge is 0.231 e. The Bertz CT molecular complexity index is 1130. The summed E-state index contributed by atoms with van der Waals surface area (Å²) in [5, 5.41) is 15.5. The Hall–Kier alpha value is -3.90. The second kappa shape index (κ2) is 8.00. The van der Waals surface area contributed by atoms with E-state index in [2.05, 4.69) is 31.7 Å². The van der Waals surface area contributed by atoms with Crippen molar-refractivity contribution in [2.24, 2.45) is 0 Å². The molecular weight excluding hydrogens is 370 g/mol. The lowest BCUT2D eigenvalue weighted by molar-refractivity contribution is 0.0561. The Labute approximate surface area is 167 Å². The van der Waals surface area contributed by atoms with Gasteiger partial charge in [0, 0.05) is 25.0 Å². The molecule has 3 aromatic heterocycles. The van der Waals surface area contributed by atoms with E-state index in [1.54, 1.807) is 31.6 Å². The molecule has 9 heteroatoms. The summed E-state index contributed by atoms with van der Waals surface area (Å²) in [5.74, 6) is 1.31. The van der Waals surface area contributed by atoms with Crippen molar-refractivity contribution in [3.05, 3.63) is 66.0 Å². The molecule has 0 bridgehead atoms. The number of anilines is 1. The summed E-state index contributed by atoms with van der Waals surface area (Å²) < 4.78 is 12.7. The van der Waals surface area contributed by atoms with Crippen LogP contribution in [0.15, 0.2) is 49.1 Å². The number of ether oxygens (including phenoxy) is 2. The maximum absolute atomic E-state index is 9.10. The Balaban J connectivity index is 1.47. The highest BCUT2D eigenvalue weighted by Gasteiger charge is 2.17. The molecule has 0 aliphatic carbocycles. The molecule has 9 nitrogen and oxygen atoms in total. The van der Waals surface area contributed by atoms with Crippen LogP contribution in [0.1, 0.15) is 17.0 Å². The molecule has 29 heavy (non-hydrogen) atoms. The van der Waals surface area contributed by atoms with Gasteiger partial charge in [-0.3, -0.25) is 9.38 Å². The van der Waals surface area contributed by atoms with E-state index >= 15 is 0 Å². The first kappa shape index (κ1) is 18.5. The van der Waals surface area contributed by atoms with E-state index < -0.39 is 0 Å². The highest BCUT2D eigenvalue weighted by molar-refractivity contribution is 5.81. The number of methoxy groups -OCH3 is 1. The average Bonchev–Trinajstić information content (AvgIpc) is 3.16. The molecule has 1 aliphatic heterocycles. The van der Waals surface area contributed by atoms with E-state index in [1.165, 1.54) is 0 Å². The molecular formula is C20H19N7O2. The zero-order valence-corrected chi connectivity index (χ0v) is 16.0. The number of aromatic nitrogens is 4. The van der Waals surface area contributed by atoms with Gasteiger partial charge < -0.3 is 20.1 Å². The van der Waals surface area contributed by atoms with Gasteiger partial charge in [0.25, 0.3) is 0 Å². The van der Waals surface area contributed by atoms with Crippen LogP contribution in [0.2, 0.25) is 0 Å². The minimum atomic E-state index is -0.289. The van der Waals surface area contributed by atoms with Crippen molar-refractivity contribution in [1.82, 2.24) is 24.7 Å². The minimum Gasteiger partial charge on any atom is -0.480 e. The molecule has 0 amide bonds. The van der Waals surface area contributed by atoms with Gasteiger partial charge in [0.1, 0.15) is 23.4 Å². The maximum atomic E-state index is 9.10. The molecule has 1 unspecified atom stereocenters. The van der Waals surface area contributed by atoms with E-state index in [9.17, 15) is 0 Å². The van der Waals surface area contributed by atoms with Gasteiger partial charge in [-0.1, -0.05) is 6.08 Å². The molecule has 1 atom stereocenters. The molecule has 4 rings (SSSR count). The van der Waals surface area contributed by atoms with Crippen molar-refractivity contribution in [2.45, 2.75) is 12.8 Å². The monoisotopic (exact) mass is 389 g/mol. The Morgan fingerprint density at radius 1 is 1.34 bits per heavy atom. The Morgan fingerprint density at radius 3 is 2.90 bits per heavy atom. The second-order valence-corrected chi connectivity index (χ2v) is 6.22. The van der Waals surface area contributed by atoms with Crippen molar-refractivity contribution in [1.29, 1.82) is 5.26 Å². The molecule has 0 aromatic carbocycles. The fourth-order valence-corrected chi connectivity index (χ4v) is 2.97. The van der Waals surface area contributed by atoms with E-state index in [-0.39, 0.29) is 6.23 Å². The molecule has 0 saturated carbocycles. The zero-order chi connectivity index (χ0) is 20.2. The van der Waals surface area contributed by atoms with Crippen LogP contribution in [0.25, 0.3) is 11.2 Å². The fraction of sp³-hybridized carbons (Fsp3) is 0.200. The standard InChI is InChI=1S/C20H19N7O2/c1-22-20-19(26-16-7-13(8-21)5-6-27(16)20)14-3-4-17(24-9-14)29-12-15-10-25-18(28-2)11-23-15/h3-7,9-11,17,22,24H,12H2,1-2H3. The lowest BCUT2D eigenvalue weighted by atomic mass is 10.1. The van der Waals surface area contributed by atoms with Crippen LogP contribution in [-0.2, 0) is 11.3 Å². The van der Waals surface area contributed by atoms with Gasteiger partial charge in [0.05, 0.1) is 43.4 Å². The van der Waals surface area contributed by atoms with Gasteiger partial charge >= 0.3 is 0 Å². The topological polar surface area (TPSA) is 109 Å². The van der Waals surface area contributed by atoms with Crippen molar-refractivity contribution in [2.75, 3.05) is 19.5 Å². The number of pyridine rings is 1. The van der Waals surface area contributed by atoms with Crippen LogP contribution in [0.4, 0.5) is 5.82 Å². The minimum absolute atomic E-state index is 0.289.